The fraction of sp³-hybridized carbons (Fsp3) is 0.222. The van der Waals surface area contributed by atoms with Crippen LogP contribution in [0.25, 0.3) is 28.2 Å². The summed E-state index contributed by atoms with van der Waals surface area (Å²) in [4.78, 5) is 37.7. The smallest absolute Gasteiger partial charge is 0.276 e. The van der Waals surface area contributed by atoms with Gasteiger partial charge in [-0.1, -0.05) is 24.3 Å². The van der Waals surface area contributed by atoms with E-state index < -0.39 is 5.54 Å². The number of carbonyl (C=O) groups is 2. The molecule has 2 amide bonds. The summed E-state index contributed by atoms with van der Waals surface area (Å²) in [5, 5.41) is 7.69. The van der Waals surface area contributed by atoms with Crippen molar-refractivity contribution in [1.82, 2.24) is 30.0 Å². The zero-order chi connectivity index (χ0) is 24.9. The van der Waals surface area contributed by atoms with Gasteiger partial charge in [-0.3, -0.25) is 14.6 Å². The minimum absolute atomic E-state index is 0.167. The first kappa shape index (κ1) is 22.5. The number of pyridine rings is 2. The van der Waals surface area contributed by atoms with E-state index in [2.05, 4.69) is 33.5 Å². The number of nitrogens with one attached hydrogen (secondary N) is 1. The number of piperazine rings is 1. The van der Waals surface area contributed by atoms with Crippen molar-refractivity contribution in [3.8, 4) is 28.2 Å². The third-order valence-electron chi connectivity index (χ3n) is 6.74. The van der Waals surface area contributed by atoms with Gasteiger partial charge >= 0.3 is 0 Å². The van der Waals surface area contributed by atoms with E-state index >= 15 is 0 Å². The second-order valence-electron chi connectivity index (χ2n) is 9.30. The third kappa shape index (κ3) is 3.58. The van der Waals surface area contributed by atoms with E-state index in [1.165, 1.54) is 0 Å². The molecule has 1 aromatic carbocycles. The van der Waals surface area contributed by atoms with E-state index in [1.54, 1.807) is 47.6 Å². The lowest BCUT2D eigenvalue weighted by Crippen LogP contribution is -2.63. The number of hydrogen-bond donors (Lipinski definition) is 1. The molecular formula is C27H24N6O2S. The van der Waals surface area contributed by atoms with E-state index in [-0.39, 0.29) is 11.8 Å². The van der Waals surface area contributed by atoms with Crippen molar-refractivity contribution >= 4 is 23.6 Å². The van der Waals surface area contributed by atoms with Crippen molar-refractivity contribution in [2.75, 3.05) is 13.1 Å². The van der Waals surface area contributed by atoms with Crippen LogP contribution in [0.5, 0.6) is 0 Å². The highest BCUT2D eigenvalue weighted by molar-refractivity contribution is 7.98. The monoisotopic (exact) mass is 496 g/mol. The number of hydrogen-bond acceptors (Lipinski definition) is 6. The molecule has 0 bridgehead atoms. The second kappa shape index (κ2) is 8.60. The fourth-order valence-electron chi connectivity index (χ4n) is 4.73. The summed E-state index contributed by atoms with van der Waals surface area (Å²) in [7, 11) is 0. The van der Waals surface area contributed by atoms with Gasteiger partial charge in [0.25, 0.3) is 5.91 Å². The maximum Gasteiger partial charge on any atom is 0.276 e. The molecule has 0 aliphatic carbocycles. The molecule has 1 N–H and O–H groups in total. The number of benzene rings is 1. The second-order valence-corrected chi connectivity index (χ2v) is 10.3. The Kier molecular flexibility index (Phi) is 5.37. The first-order valence-electron chi connectivity index (χ1n) is 11.8. The van der Waals surface area contributed by atoms with Crippen LogP contribution in [0.4, 0.5) is 0 Å². The number of carbonyl (C=O) groups excluding carboxylic acids is 2. The average molecular weight is 497 g/mol. The lowest BCUT2D eigenvalue weighted by atomic mass is 9.97. The van der Waals surface area contributed by atoms with Gasteiger partial charge < -0.3 is 10.2 Å². The van der Waals surface area contributed by atoms with E-state index in [4.69, 9.17) is 5.10 Å². The van der Waals surface area contributed by atoms with E-state index in [0.29, 0.717) is 30.4 Å². The van der Waals surface area contributed by atoms with Crippen LogP contribution in [0, 0.1) is 0 Å². The summed E-state index contributed by atoms with van der Waals surface area (Å²) in [5.74, 6) is 0.927. The molecule has 0 spiro atoms. The Hall–Kier alpha value is -3.98. The Morgan fingerprint density at radius 2 is 1.97 bits per heavy atom. The molecule has 2 aliphatic heterocycles. The standard InChI is InChI=1S/C27H24N6O2S/c1-27(2)26(35)30-12-13-32(27)25(34)22-24-23(33(31-22)21-7-3-4-11-29-21)20-14-17(8-9-19(20)16-36-24)18-6-5-10-28-15-18/h3-11,14-15H,12-13,16H2,1-2H3,(H,30,35). The molecular weight excluding hydrogens is 472 g/mol. The number of amides is 2. The summed E-state index contributed by atoms with van der Waals surface area (Å²) in [5.41, 5.74) is 4.44. The van der Waals surface area contributed by atoms with Crippen molar-refractivity contribution in [1.29, 1.82) is 0 Å². The van der Waals surface area contributed by atoms with Gasteiger partial charge in [0.15, 0.2) is 11.5 Å². The highest BCUT2D eigenvalue weighted by Crippen LogP contribution is 2.46. The summed E-state index contributed by atoms with van der Waals surface area (Å²) in [6.07, 6.45) is 5.31. The topological polar surface area (TPSA) is 93.0 Å². The Bertz CT molecular complexity index is 1480. The van der Waals surface area contributed by atoms with Gasteiger partial charge in [0.1, 0.15) is 5.54 Å². The Labute approximate surface area is 212 Å². The predicted octanol–water partition coefficient (Wildman–Crippen LogP) is 3.95. The largest absolute Gasteiger partial charge is 0.352 e. The first-order chi connectivity index (χ1) is 17.4. The van der Waals surface area contributed by atoms with Gasteiger partial charge in [-0.2, -0.15) is 5.10 Å². The molecule has 2 aliphatic rings. The van der Waals surface area contributed by atoms with Gasteiger partial charge in [0.05, 0.1) is 10.6 Å². The Morgan fingerprint density at radius 3 is 2.75 bits per heavy atom. The average Bonchev–Trinajstić information content (AvgIpc) is 3.31. The molecule has 1 saturated heterocycles. The number of aromatic nitrogens is 4. The molecule has 9 heteroatoms. The molecule has 1 fully saturated rings. The van der Waals surface area contributed by atoms with Gasteiger partial charge in [0, 0.05) is 48.6 Å². The van der Waals surface area contributed by atoms with Crippen LogP contribution in [-0.4, -0.2) is 55.1 Å². The van der Waals surface area contributed by atoms with Crippen molar-refractivity contribution < 1.29 is 9.59 Å². The van der Waals surface area contributed by atoms with E-state index in [0.717, 1.165) is 32.8 Å². The lowest BCUT2D eigenvalue weighted by molar-refractivity contribution is -0.133. The quantitative estimate of drug-likeness (QED) is 0.462. The molecule has 0 saturated carbocycles. The van der Waals surface area contributed by atoms with Crippen LogP contribution >= 0.6 is 11.8 Å². The third-order valence-corrected chi connectivity index (χ3v) is 7.87. The SMILES string of the molecule is CC1(C)C(=O)NCCN1C(=O)c1nn(-c2ccccn2)c2c1SCc1ccc(-c3cccnc3)cc1-2. The van der Waals surface area contributed by atoms with Crippen LogP contribution in [-0.2, 0) is 10.5 Å². The highest BCUT2D eigenvalue weighted by Gasteiger charge is 2.43. The Morgan fingerprint density at radius 1 is 1.08 bits per heavy atom. The lowest BCUT2D eigenvalue weighted by Gasteiger charge is -2.40. The number of thioether (sulfide) groups is 1. The van der Waals surface area contributed by atoms with Gasteiger partial charge in [0.2, 0.25) is 5.91 Å². The minimum atomic E-state index is -0.971. The van der Waals surface area contributed by atoms with Crippen LogP contribution in [0.2, 0.25) is 0 Å². The maximum absolute atomic E-state index is 13.9. The molecule has 4 aromatic rings. The molecule has 36 heavy (non-hydrogen) atoms. The minimum Gasteiger partial charge on any atom is -0.352 e. The van der Waals surface area contributed by atoms with Crippen LogP contribution in [0.15, 0.2) is 72.0 Å². The van der Waals surface area contributed by atoms with Crippen molar-refractivity contribution in [2.24, 2.45) is 0 Å². The molecule has 3 aromatic heterocycles. The highest BCUT2D eigenvalue weighted by atomic mass is 32.2. The van der Waals surface area contributed by atoms with Gasteiger partial charge in [-0.15, -0.1) is 11.8 Å². The number of fused-ring (bicyclic) bond motifs is 3. The van der Waals surface area contributed by atoms with Crippen LogP contribution in [0.3, 0.4) is 0 Å². The zero-order valence-corrected chi connectivity index (χ0v) is 20.7. The summed E-state index contributed by atoms with van der Waals surface area (Å²) < 4.78 is 1.76. The number of nitrogens with zero attached hydrogens (tertiary/aromatic N) is 5. The molecule has 0 radical (unpaired) electrons. The number of rotatable bonds is 3. The van der Waals surface area contributed by atoms with Gasteiger partial charge in [-0.25, -0.2) is 9.67 Å². The van der Waals surface area contributed by atoms with Crippen molar-refractivity contribution in [3.05, 3.63) is 78.4 Å². The summed E-state index contributed by atoms with van der Waals surface area (Å²) in [6, 6.07) is 15.9. The molecule has 5 heterocycles. The van der Waals surface area contributed by atoms with E-state index in [9.17, 15) is 9.59 Å². The Balaban J connectivity index is 1.54. The molecule has 8 nitrogen and oxygen atoms in total. The summed E-state index contributed by atoms with van der Waals surface area (Å²) in [6.45, 7) is 4.38. The van der Waals surface area contributed by atoms with Crippen molar-refractivity contribution in [3.63, 3.8) is 0 Å². The molecule has 6 rings (SSSR count). The first-order valence-corrected chi connectivity index (χ1v) is 12.7. The van der Waals surface area contributed by atoms with Crippen LogP contribution < -0.4 is 5.32 Å². The molecule has 0 atom stereocenters. The zero-order valence-electron chi connectivity index (χ0n) is 19.9. The van der Waals surface area contributed by atoms with E-state index in [1.807, 2.05) is 36.5 Å². The normalized spacial score (nSPS) is 16.2. The van der Waals surface area contributed by atoms with Crippen molar-refractivity contribution in [2.45, 2.75) is 30.0 Å². The molecule has 180 valence electrons. The van der Waals surface area contributed by atoms with Gasteiger partial charge in [-0.05, 0) is 49.2 Å². The predicted molar refractivity (Wildman–Crippen MR) is 138 cm³/mol. The maximum atomic E-state index is 13.9. The fourth-order valence-corrected chi connectivity index (χ4v) is 5.88. The molecule has 0 unspecified atom stereocenters. The summed E-state index contributed by atoms with van der Waals surface area (Å²) >= 11 is 1.60. The van der Waals surface area contributed by atoms with Crippen LogP contribution in [0.1, 0.15) is 29.9 Å².